The first-order valence-corrected chi connectivity index (χ1v) is 10.7. The van der Waals surface area contributed by atoms with Gasteiger partial charge in [0.2, 0.25) is 5.96 Å². The third kappa shape index (κ3) is 3.07. The number of benzene rings is 2. The minimum atomic E-state index is -0.488. The predicted octanol–water partition coefficient (Wildman–Crippen LogP) is 2.89. The van der Waals surface area contributed by atoms with E-state index in [2.05, 4.69) is 41.8 Å². The second-order valence-electron chi connectivity index (χ2n) is 8.73. The minimum Gasteiger partial charge on any atom is -0.325 e. The summed E-state index contributed by atoms with van der Waals surface area (Å²) in [5.41, 5.74) is 5.58. The van der Waals surface area contributed by atoms with Crippen LogP contribution in [0.2, 0.25) is 0 Å². The Bertz CT molecular complexity index is 1090. The summed E-state index contributed by atoms with van der Waals surface area (Å²) in [6.45, 7) is 7.95. The van der Waals surface area contributed by atoms with E-state index in [4.69, 9.17) is 4.99 Å². The zero-order valence-corrected chi connectivity index (χ0v) is 18.4. The van der Waals surface area contributed by atoms with E-state index in [0.29, 0.717) is 6.54 Å². The van der Waals surface area contributed by atoms with Gasteiger partial charge in [0.25, 0.3) is 5.91 Å². The molecule has 31 heavy (non-hydrogen) atoms. The van der Waals surface area contributed by atoms with Gasteiger partial charge in [0.1, 0.15) is 0 Å². The molecule has 2 saturated heterocycles. The van der Waals surface area contributed by atoms with Gasteiger partial charge in [-0.1, -0.05) is 47.5 Å². The number of urea groups is 1. The van der Waals surface area contributed by atoms with Crippen LogP contribution < -0.4 is 4.90 Å². The molecule has 5 rings (SSSR count). The van der Waals surface area contributed by atoms with Gasteiger partial charge in [-0.2, -0.15) is 0 Å². The summed E-state index contributed by atoms with van der Waals surface area (Å²) >= 11 is 0. The molecule has 2 unspecified atom stereocenters. The maximum atomic E-state index is 13.5. The Morgan fingerprint density at radius 2 is 1.68 bits per heavy atom. The van der Waals surface area contributed by atoms with Crippen LogP contribution in [0.25, 0.3) is 0 Å². The van der Waals surface area contributed by atoms with E-state index >= 15 is 0 Å². The summed E-state index contributed by atoms with van der Waals surface area (Å²) in [5, 5.41) is 0. The van der Waals surface area contributed by atoms with E-state index in [1.165, 1.54) is 16.0 Å². The number of guanidine groups is 1. The van der Waals surface area contributed by atoms with E-state index in [1.807, 2.05) is 31.2 Å². The van der Waals surface area contributed by atoms with Gasteiger partial charge in [0, 0.05) is 25.8 Å². The molecule has 0 spiro atoms. The van der Waals surface area contributed by atoms with E-state index in [-0.39, 0.29) is 18.5 Å². The van der Waals surface area contributed by atoms with Crippen molar-refractivity contribution in [1.29, 1.82) is 0 Å². The van der Waals surface area contributed by atoms with Crippen LogP contribution in [0.4, 0.5) is 10.5 Å². The average molecular weight is 418 g/mol. The number of nitrogens with zero attached hydrogens (tertiary/aromatic N) is 5. The Labute approximate surface area is 182 Å². The van der Waals surface area contributed by atoms with Crippen molar-refractivity contribution in [3.8, 4) is 0 Å². The first kappa shape index (κ1) is 19.6. The first-order chi connectivity index (χ1) is 14.8. The van der Waals surface area contributed by atoms with Crippen LogP contribution in [0.5, 0.6) is 0 Å². The van der Waals surface area contributed by atoms with Crippen molar-refractivity contribution in [2.45, 2.75) is 39.5 Å². The third-order valence-corrected chi connectivity index (χ3v) is 6.48. The fourth-order valence-electron chi connectivity index (χ4n) is 4.79. The van der Waals surface area contributed by atoms with Gasteiger partial charge >= 0.3 is 6.03 Å². The topological polar surface area (TPSA) is 59.5 Å². The number of rotatable bonds is 3. The van der Waals surface area contributed by atoms with E-state index in [9.17, 15) is 9.59 Å². The smallest absolute Gasteiger partial charge is 0.325 e. The summed E-state index contributed by atoms with van der Waals surface area (Å²) in [6.07, 6.45) is -0.488. The number of aliphatic imine (C=N–C) groups is 1. The fraction of sp³-hybridized carbons (Fsp3) is 0.375. The van der Waals surface area contributed by atoms with Crippen molar-refractivity contribution in [3.05, 3.63) is 64.7 Å². The zero-order valence-electron chi connectivity index (χ0n) is 18.4. The van der Waals surface area contributed by atoms with E-state index in [0.717, 1.165) is 29.3 Å². The molecule has 3 amide bonds. The van der Waals surface area contributed by atoms with Crippen LogP contribution in [0.1, 0.15) is 22.3 Å². The Hall–Kier alpha value is -3.35. The van der Waals surface area contributed by atoms with Gasteiger partial charge in [-0.15, -0.1) is 0 Å². The number of hydrogen-bond acceptors (Lipinski definition) is 5. The Morgan fingerprint density at radius 3 is 2.39 bits per heavy atom. The molecule has 3 aliphatic heterocycles. The van der Waals surface area contributed by atoms with Crippen LogP contribution >= 0.6 is 0 Å². The maximum Gasteiger partial charge on any atom is 0.328 e. The van der Waals surface area contributed by atoms with Crippen molar-refractivity contribution in [2.75, 3.05) is 25.0 Å². The fourth-order valence-corrected chi connectivity index (χ4v) is 4.79. The summed E-state index contributed by atoms with van der Waals surface area (Å²) in [4.78, 5) is 38.6. The molecule has 3 aliphatic rings. The molecule has 2 aromatic rings. The molecule has 0 bridgehead atoms. The Kier molecular flexibility index (Phi) is 4.50. The van der Waals surface area contributed by atoms with Gasteiger partial charge in [0.05, 0.1) is 6.54 Å². The lowest BCUT2D eigenvalue weighted by Crippen LogP contribution is -2.64. The highest BCUT2D eigenvalue weighted by atomic mass is 16.2. The molecule has 7 heteroatoms. The number of imide groups is 1. The number of amides is 3. The van der Waals surface area contributed by atoms with Crippen LogP contribution in [-0.4, -0.2) is 64.9 Å². The molecule has 0 radical (unpaired) electrons. The van der Waals surface area contributed by atoms with Crippen LogP contribution in [0.15, 0.2) is 47.5 Å². The van der Waals surface area contributed by atoms with E-state index in [1.54, 1.807) is 11.9 Å². The number of carbonyl (C=O) groups excluding carboxylic acids is 2. The number of hydrogen-bond donors (Lipinski definition) is 0. The quantitative estimate of drug-likeness (QED) is 0.771. The van der Waals surface area contributed by atoms with Gasteiger partial charge in [0.15, 0.2) is 12.2 Å². The molecule has 2 fully saturated rings. The molecule has 7 nitrogen and oxygen atoms in total. The van der Waals surface area contributed by atoms with Gasteiger partial charge in [-0.3, -0.25) is 9.69 Å². The molecule has 0 aliphatic carbocycles. The standard InChI is InChI=1S/C24H27N5O2/c1-15-5-8-18(9-6-15)14-29-22(30)20-21(26(4)24(29)31)25-23-27(11-12-28(20)23)19-10-7-16(2)13-17(19)3/h5-10,13,20-21H,11-12,14H2,1-4H3. The van der Waals surface area contributed by atoms with Gasteiger partial charge in [-0.05, 0) is 38.0 Å². The molecule has 3 heterocycles. The second kappa shape index (κ2) is 7.11. The summed E-state index contributed by atoms with van der Waals surface area (Å²) in [5.74, 6) is 0.613. The van der Waals surface area contributed by atoms with Gasteiger partial charge < -0.3 is 14.7 Å². The lowest BCUT2D eigenvalue weighted by Gasteiger charge is -2.40. The average Bonchev–Trinajstić information content (AvgIpc) is 3.31. The zero-order chi connectivity index (χ0) is 21.9. The van der Waals surface area contributed by atoms with Crippen molar-refractivity contribution < 1.29 is 9.59 Å². The minimum absolute atomic E-state index is 0.171. The van der Waals surface area contributed by atoms with Crippen molar-refractivity contribution in [1.82, 2.24) is 14.7 Å². The summed E-state index contributed by atoms with van der Waals surface area (Å²) < 4.78 is 0. The van der Waals surface area contributed by atoms with Crippen molar-refractivity contribution in [2.24, 2.45) is 4.99 Å². The maximum absolute atomic E-state index is 13.5. The first-order valence-electron chi connectivity index (χ1n) is 10.7. The molecular formula is C24H27N5O2. The highest BCUT2D eigenvalue weighted by molar-refractivity contribution is 6.08. The van der Waals surface area contributed by atoms with Crippen molar-refractivity contribution in [3.63, 3.8) is 0 Å². The lowest BCUT2D eigenvalue weighted by atomic mass is 10.1. The van der Waals surface area contributed by atoms with Gasteiger partial charge in [-0.25, -0.2) is 9.79 Å². The number of aryl methyl sites for hydroxylation is 3. The van der Waals surface area contributed by atoms with Crippen LogP contribution in [0, 0.1) is 20.8 Å². The normalized spacial score (nSPS) is 22.8. The predicted molar refractivity (Wildman–Crippen MR) is 120 cm³/mol. The summed E-state index contributed by atoms with van der Waals surface area (Å²) in [7, 11) is 1.74. The number of anilines is 1. The highest BCUT2D eigenvalue weighted by Gasteiger charge is 2.54. The largest absolute Gasteiger partial charge is 0.328 e. The SMILES string of the molecule is Cc1ccc(CN2C(=O)C3C(N=C4N(c5ccc(C)cc5C)CCN43)N(C)C2=O)cc1. The molecule has 0 aromatic heterocycles. The number of fused-ring (bicyclic) bond motifs is 3. The van der Waals surface area contributed by atoms with Crippen molar-refractivity contribution >= 4 is 23.6 Å². The molecule has 0 saturated carbocycles. The second-order valence-corrected chi connectivity index (χ2v) is 8.73. The Balaban J connectivity index is 1.44. The Morgan fingerprint density at radius 1 is 0.968 bits per heavy atom. The molecule has 160 valence electrons. The molecular weight excluding hydrogens is 390 g/mol. The number of likely N-dealkylation sites (N-methyl/N-ethyl adjacent to an activating group) is 1. The van der Waals surface area contributed by atoms with Crippen LogP contribution in [-0.2, 0) is 11.3 Å². The molecule has 2 atom stereocenters. The number of carbonyl (C=O) groups is 2. The van der Waals surface area contributed by atoms with E-state index < -0.39 is 12.2 Å². The van der Waals surface area contributed by atoms with Crippen LogP contribution in [0.3, 0.4) is 0 Å². The molecule has 0 N–H and O–H groups in total. The summed E-state index contributed by atoms with van der Waals surface area (Å²) in [6, 6.07) is 13.5. The third-order valence-electron chi connectivity index (χ3n) is 6.48. The molecule has 2 aromatic carbocycles. The lowest BCUT2D eigenvalue weighted by molar-refractivity contribution is -0.137. The highest BCUT2D eigenvalue weighted by Crippen LogP contribution is 2.35. The monoisotopic (exact) mass is 417 g/mol.